The third kappa shape index (κ3) is 7.18. The molecule has 0 saturated carbocycles. The Labute approximate surface area is 219 Å². The normalized spacial score (nSPS) is 12.5. The molecule has 1 amide bonds. The van der Waals surface area contributed by atoms with Crippen molar-refractivity contribution in [2.75, 3.05) is 12.4 Å². The van der Waals surface area contributed by atoms with Gasteiger partial charge in [-0.05, 0) is 62.9 Å². The van der Waals surface area contributed by atoms with Crippen LogP contribution in [0.5, 0.6) is 11.5 Å². The zero-order valence-electron chi connectivity index (χ0n) is 21.5. The number of allylic oxidation sites excluding steroid dienone is 2. The number of anilines is 1. The Hall–Kier alpha value is -4.21. The van der Waals surface area contributed by atoms with Crippen molar-refractivity contribution in [2.24, 2.45) is 0 Å². The SMILES string of the molecule is COc1c(C)c2c(c(OC(=O)CCCC(=O)Nc3ccc(F)cc3)c1CC=C(C)CCC(=O)O)C(=O)OC2. The van der Waals surface area contributed by atoms with Crippen molar-refractivity contribution in [3.8, 4) is 11.5 Å². The molecule has 0 radical (unpaired) electrons. The summed E-state index contributed by atoms with van der Waals surface area (Å²) in [4.78, 5) is 48.4. The summed E-state index contributed by atoms with van der Waals surface area (Å²) >= 11 is 0. The molecule has 202 valence electrons. The van der Waals surface area contributed by atoms with Crippen molar-refractivity contribution in [3.05, 3.63) is 64.0 Å². The second-order valence-electron chi connectivity index (χ2n) is 8.93. The van der Waals surface area contributed by atoms with Gasteiger partial charge < -0.3 is 24.6 Å². The number of amides is 1. The van der Waals surface area contributed by atoms with Crippen molar-refractivity contribution >= 4 is 29.5 Å². The minimum absolute atomic E-state index is 0.0222. The van der Waals surface area contributed by atoms with E-state index >= 15 is 0 Å². The van der Waals surface area contributed by atoms with E-state index in [2.05, 4.69) is 5.32 Å². The number of carbonyl (C=O) groups excluding carboxylic acids is 3. The summed E-state index contributed by atoms with van der Waals surface area (Å²) in [6, 6.07) is 5.33. The summed E-state index contributed by atoms with van der Waals surface area (Å²) in [5.74, 6) is -2.42. The number of cyclic esters (lactones) is 1. The molecule has 0 atom stereocenters. The van der Waals surface area contributed by atoms with E-state index in [9.17, 15) is 23.6 Å². The molecule has 0 unspecified atom stereocenters. The number of rotatable bonds is 12. The van der Waals surface area contributed by atoms with E-state index in [4.69, 9.17) is 19.3 Å². The Morgan fingerprint density at radius 2 is 1.82 bits per heavy atom. The molecule has 0 aromatic heterocycles. The number of esters is 2. The van der Waals surface area contributed by atoms with Gasteiger partial charge in [0.05, 0.1) is 7.11 Å². The molecular formula is C28H30FNO8. The van der Waals surface area contributed by atoms with Crippen LogP contribution < -0.4 is 14.8 Å². The highest BCUT2D eigenvalue weighted by Crippen LogP contribution is 2.43. The third-order valence-electron chi connectivity index (χ3n) is 6.14. The summed E-state index contributed by atoms with van der Waals surface area (Å²) < 4.78 is 29.5. The van der Waals surface area contributed by atoms with Gasteiger partial charge in [0.1, 0.15) is 23.7 Å². The molecule has 1 aliphatic heterocycles. The van der Waals surface area contributed by atoms with Crippen LogP contribution in [0, 0.1) is 12.7 Å². The van der Waals surface area contributed by atoms with Crippen LogP contribution in [0.15, 0.2) is 35.9 Å². The molecule has 0 fully saturated rings. The number of ether oxygens (including phenoxy) is 3. The largest absolute Gasteiger partial charge is 0.496 e. The van der Waals surface area contributed by atoms with Crippen LogP contribution in [0.1, 0.15) is 66.1 Å². The zero-order chi connectivity index (χ0) is 27.8. The van der Waals surface area contributed by atoms with Crippen LogP contribution >= 0.6 is 0 Å². The van der Waals surface area contributed by atoms with Gasteiger partial charge in [0.2, 0.25) is 5.91 Å². The van der Waals surface area contributed by atoms with Gasteiger partial charge in [-0.25, -0.2) is 9.18 Å². The summed E-state index contributed by atoms with van der Waals surface area (Å²) in [5, 5.41) is 11.6. The topological polar surface area (TPSA) is 128 Å². The maximum atomic E-state index is 13.0. The fourth-order valence-electron chi connectivity index (χ4n) is 4.12. The molecule has 2 N–H and O–H groups in total. The molecule has 3 rings (SSSR count). The summed E-state index contributed by atoms with van der Waals surface area (Å²) in [6.07, 6.45) is 2.49. The van der Waals surface area contributed by atoms with Gasteiger partial charge in [0.25, 0.3) is 0 Å². The van der Waals surface area contributed by atoms with Gasteiger partial charge in [-0.3, -0.25) is 14.4 Å². The maximum Gasteiger partial charge on any atom is 0.342 e. The molecule has 2 aromatic carbocycles. The summed E-state index contributed by atoms with van der Waals surface area (Å²) in [7, 11) is 1.47. The Balaban J connectivity index is 1.75. The number of carboxylic acid groups (broad SMARTS) is 1. The van der Waals surface area contributed by atoms with Crippen LogP contribution in [-0.2, 0) is 32.1 Å². The van der Waals surface area contributed by atoms with E-state index in [1.54, 1.807) is 13.8 Å². The van der Waals surface area contributed by atoms with Gasteiger partial charge in [-0.2, -0.15) is 0 Å². The van der Waals surface area contributed by atoms with Crippen molar-refractivity contribution in [3.63, 3.8) is 0 Å². The lowest BCUT2D eigenvalue weighted by Gasteiger charge is -2.19. The molecule has 2 aromatic rings. The molecule has 9 nitrogen and oxygen atoms in total. The standard InChI is InChI=1S/C28H30FNO8/c1-16(8-14-23(32)33)7-13-20-26(36-3)17(2)21-15-37-28(35)25(21)27(20)38-24(34)6-4-5-22(31)30-19-11-9-18(29)10-12-19/h7,9-12H,4-6,8,13-15H2,1-3H3,(H,30,31)(H,32,33). The minimum Gasteiger partial charge on any atom is -0.496 e. The third-order valence-corrected chi connectivity index (χ3v) is 6.14. The van der Waals surface area contributed by atoms with Crippen molar-refractivity contribution in [1.29, 1.82) is 0 Å². The van der Waals surface area contributed by atoms with E-state index in [-0.39, 0.29) is 55.9 Å². The van der Waals surface area contributed by atoms with Gasteiger partial charge >= 0.3 is 17.9 Å². The van der Waals surface area contributed by atoms with Crippen molar-refractivity contribution in [1.82, 2.24) is 0 Å². The fraction of sp³-hybridized carbons (Fsp3) is 0.357. The quantitative estimate of drug-likeness (QED) is 0.227. The van der Waals surface area contributed by atoms with Gasteiger partial charge in [0.15, 0.2) is 5.75 Å². The number of methoxy groups -OCH3 is 1. The molecule has 10 heteroatoms. The Bertz CT molecular complexity index is 1270. The van der Waals surface area contributed by atoms with Gasteiger partial charge in [0, 0.05) is 36.1 Å². The predicted octanol–water partition coefficient (Wildman–Crippen LogP) is 4.88. The first kappa shape index (κ1) is 28.4. The Kier molecular flexibility index (Phi) is 9.59. The highest BCUT2D eigenvalue weighted by atomic mass is 19.1. The molecule has 1 aliphatic rings. The smallest absolute Gasteiger partial charge is 0.342 e. The monoisotopic (exact) mass is 527 g/mol. The van der Waals surface area contributed by atoms with Crippen LogP contribution in [0.2, 0.25) is 0 Å². The number of fused-ring (bicyclic) bond motifs is 1. The lowest BCUT2D eigenvalue weighted by Crippen LogP contribution is -2.16. The average Bonchev–Trinajstić information content (AvgIpc) is 3.26. The second-order valence-corrected chi connectivity index (χ2v) is 8.93. The lowest BCUT2D eigenvalue weighted by atomic mass is 9.94. The number of halogens is 1. The molecule has 0 bridgehead atoms. The van der Waals surface area contributed by atoms with Crippen LogP contribution in [0.4, 0.5) is 10.1 Å². The Morgan fingerprint density at radius 1 is 1.11 bits per heavy atom. The van der Waals surface area contributed by atoms with E-state index in [1.165, 1.54) is 31.4 Å². The molecular weight excluding hydrogens is 497 g/mol. The highest BCUT2D eigenvalue weighted by molar-refractivity contribution is 5.99. The first-order valence-corrected chi connectivity index (χ1v) is 12.1. The van der Waals surface area contributed by atoms with E-state index < -0.39 is 23.7 Å². The summed E-state index contributed by atoms with van der Waals surface area (Å²) in [6.45, 7) is 3.61. The predicted molar refractivity (Wildman–Crippen MR) is 136 cm³/mol. The number of aliphatic carboxylic acids is 1. The number of benzene rings is 2. The zero-order valence-corrected chi connectivity index (χ0v) is 21.5. The first-order chi connectivity index (χ1) is 18.1. The number of hydrogen-bond acceptors (Lipinski definition) is 7. The van der Waals surface area contributed by atoms with Crippen LogP contribution in [0.25, 0.3) is 0 Å². The number of carboxylic acids is 1. The number of hydrogen-bond donors (Lipinski definition) is 2. The second kappa shape index (κ2) is 12.8. The highest BCUT2D eigenvalue weighted by Gasteiger charge is 2.34. The lowest BCUT2D eigenvalue weighted by molar-refractivity contribution is -0.137. The van der Waals surface area contributed by atoms with Gasteiger partial charge in [-0.1, -0.05) is 11.6 Å². The fourth-order valence-corrected chi connectivity index (χ4v) is 4.12. The van der Waals surface area contributed by atoms with Crippen LogP contribution in [0.3, 0.4) is 0 Å². The first-order valence-electron chi connectivity index (χ1n) is 12.1. The van der Waals surface area contributed by atoms with Crippen LogP contribution in [-0.4, -0.2) is 36.0 Å². The van der Waals surface area contributed by atoms with Crippen molar-refractivity contribution < 1.29 is 42.9 Å². The minimum atomic E-state index is -0.910. The van der Waals surface area contributed by atoms with E-state index in [1.807, 2.05) is 6.08 Å². The van der Waals surface area contributed by atoms with Crippen molar-refractivity contribution in [2.45, 2.75) is 59.0 Å². The molecule has 1 heterocycles. The molecule has 0 spiro atoms. The molecule has 0 saturated heterocycles. The van der Waals surface area contributed by atoms with E-state index in [0.29, 0.717) is 34.5 Å². The average molecular weight is 528 g/mol. The number of carbonyl (C=O) groups is 4. The van der Waals surface area contributed by atoms with Gasteiger partial charge in [-0.15, -0.1) is 0 Å². The maximum absolute atomic E-state index is 13.0. The number of nitrogens with one attached hydrogen (secondary N) is 1. The Morgan fingerprint density at radius 3 is 2.47 bits per heavy atom. The molecule has 0 aliphatic carbocycles. The van der Waals surface area contributed by atoms with E-state index in [0.717, 1.165) is 5.57 Å². The molecule has 38 heavy (non-hydrogen) atoms. The summed E-state index contributed by atoms with van der Waals surface area (Å²) in [5.41, 5.74) is 3.16.